The van der Waals surface area contributed by atoms with Crippen LogP contribution >= 0.6 is 24.0 Å². The van der Waals surface area contributed by atoms with Gasteiger partial charge in [-0.05, 0) is 29.7 Å². The fourth-order valence-electron chi connectivity index (χ4n) is 2.43. The van der Waals surface area contributed by atoms with Gasteiger partial charge in [0.05, 0.1) is 11.4 Å². The maximum Gasteiger partial charge on any atom is 0.238 e. The Morgan fingerprint density at radius 2 is 1.77 bits per heavy atom. The van der Waals surface area contributed by atoms with Crippen molar-refractivity contribution in [1.82, 2.24) is 10.2 Å². The maximum atomic E-state index is 11.5. The van der Waals surface area contributed by atoms with Gasteiger partial charge in [0.25, 0.3) is 0 Å². The SMILES string of the molecule is Cc1cc(CN=C(NCc2ccccc2)N(C)C)ccc1S(N)(=O)=O.I. The lowest BCUT2D eigenvalue weighted by molar-refractivity contribution is 0.578. The zero-order chi connectivity index (χ0) is 18.4. The molecule has 0 aliphatic heterocycles. The molecule has 2 rings (SSSR count). The van der Waals surface area contributed by atoms with E-state index in [-0.39, 0.29) is 28.9 Å². The smallest absolute Gasteiger partial charge is 0.238 e. The number of aliphatic imine (C=N–C) groups is 1. The summed E-state index contributed by atoms with van der Waals surface area (Å²) in [5, 5.41) is 8.51. The number of nitrogens with zero attached hydrogens (tertiary/aromatic N) is 2. The third-order valence-electron chi connectivity index (χ3n) is 3.67. The molecule has 0 spiro atoms. The van der Waals surface area contributed by atoms with E-state index in [9.17, 15) is 8.42 Å². The van der Waals surface area contributed by atoms with E-state index < -0.39 is 10.0 Å². The van der Waals surface area contributed by atoms with E-state index in [2.05, 4.69) is 22.4 Å². The van der Waals surface area contributed by atoms with Crippen LogP contribution in [0, 0.1) is 6.92 Å². The molecule has 0 aliphatic carbocycles. The summed E-state index contributed by atoms with van der Waals surface area (Å²) < 4.78 is 22.9. The second-order valence-corrected chi connectivity index (χ2v) is 7.55. The van der Waals surface area contributed by atoms with Gasteiger partial charge in [0.15, 0.2) is 5.96 Å². The van der Waals surface area contributed by atoms with Crippen LogP contribution in [0.4, 0.5) is 0 Å². The number of hydrogen-bond acceptors (Lipinski definition) is 3. The van der Waals surface area contributed by atoms with E-state index in [1.165, 1.54) is 11.6 Å². The monoisotopic (exact) mass is 488 g/mol. The third kappa shape index (κ3) is 6.58. The number of sulfonamides is 1. The van der Waals surface area contributed by atoms with E-state index in [1.54, 1.807) is 19.1 Å². The van der Waals surface area contributed by atoms with Crippen molar-refractivity contribution in [2.24, 2.45) is 10.1 Å². The van der Waals surface area contributed by atoms with E-state index in [0.717, 1.165) is 11.5 Å². The largest absolute Gasteiger partial charge is 0.352 e. The standard InChI is InChI=1S/C18H24N4O2S.HI/c1-14-11-16(9-10-17(14)25(19,23)24)13-21-18(22(2)3)20-12-15-7-5-4-6-8-15;/h4-11H,12-13H2,1-3H3,(H,20,21)(H2,19,23,24);1H. The number of guanidine groups is 1. The summed E-state index contributed by atoms with van der Waals surface area (Å²) in [6.07, 6.45) is 0. The lowest BCUT2D eigenvalue weighted by Crippen LogP contribution is -2.36. The van der Waals surface area contributed by atoms with Gasteiger partial charge in [-0.2, -0.15) is 0 Å². The van der Waals surface area contributed by atoms with Crippen molar-refractivity contribution in [1.29, 1.82) is 0 Å². The molecule has 3 N–H and O–H groups in total. The van der Waals surface area contributed by atoms with Crippen LogP contribution in [0.15, 0.2) is 58.4 Å². The number of halogens is 1. The molecule has 0 radical (unpaired) electrons. The van der Waals surface area contributed by atoms with Crippen LogP contribution in [-0.4, -0.2) is 33.4 Å². The molecule has 0 saturated carbocycles. The number of rotatable bonds is 5. The number of nitrogens with two attached hydrogens (primary N) is 1. The molecule has 0 fully saturated rings. The number of aryl methyl sites for hydroxylation is 1. The Kier molecular flexibility index (Phi) is 8.51. The molecule has 0 aliphatic rings. The highest BCUT2D eigenvalue weighted by atomic mass is 127. The topological polar surface area (TPSA) is 87.8 Å². The minimum Gasteiger partial charge on any atom is -0.352 e. The van der Waals surface area contributed by atoms with Crippen molar-refractivity contribution in [3.63, 3.8) is 0 Å². The zero-order valence-corrected chi connectivity index (χ0v) is 18.3. The molecule has 26 heavy (non-hydrogen) atoms. The summed E-state index contributed by atoms with van der Waals surface area (Å²) in [7, 11) is 0.155. The van der Waals surface area contributed by atoms with Crippen LogP contribution in [0.3, 0.4) is 0 Å². The van der Waals surface area contributed by atoms with Crippen LogP contribution in [0.25, 0.3) is 0 Å². The minimum atomic E-state index is -3.69. The third-order valence-corrected chi connectivity index (χ3v) is 4.75. The first-order valence-electron chi connectivity index (χ1n) is 7.89. The van der Waals surface area contributed by atoms with Crippen LogP contribution in [-0.2, 0) is 23.1 Å². The van der Waals surface area contributed by atoms with Gasteiger partial charge in [-0.25, -0.2) is 18.5 Å². The summed E-state index contributed by atoms with van der Waals surface area (Å²) >= 11 is 0. The molecule has 0 amide bonds. The molecule has 0 atom stereocenters. The fourth-order valence-corrected chi connectivity index (χ4v) is 3.19. The van der Waals surface area contributed by atoms with Crippen LogP contribution in [0.1, 0.15) is 16.7 Å². The van der Waals surface area contributed by atoms with Gasteiger partial charge in [0.1, 0.15) is 0 Å². The average molecular weight is 488 g/mol. The van der Waals surface area contributed by atoms with Gasteiger partial charge in [-0.1, -0.05) is 42.5 Å². The molecule has 2 aromatic rings. The Bertz CT molecular complexity index is 853. The number of nitrogens with one attached hydrogen (secondary N) is 1. The summed E-state index contributed by atoms with van der Waals surface area (Å²) in [5.41, 5.74) is 2.72. The van der Waals surface area contributed by atoms with E-state index in [0.29, 0.717) is 18.7 Å². The van der Waals surface area contributed by atoms with Gasteiger partial charge < -0.3 is 10.2 Å². The Morgan fingerprint density at radius 1 is 1.12 bits per heavy atom. The van der Waals surface area contributed by atoms with Crippen molar-refractivity contribution >= 4 is 40.0 Å². The number of primary sulfonamides is 1. The Labute approximate surface area is 172 Å². The molecule has 6 nitrogen and oxygen atoms in total. The number of hydrogen-bond donors (Lipinski definition) is 2. The lowest BCUT2D eigenvalue weighted by atomic mass is 10.1. The van der Waals surface area contributed by atoms with Gasteiger partial charge in [-0.15, -0.1) is 24.0 Å². The number of benzene rings is 2. The summed E-state index contributed by atoms with van der Waals surface area (Å²) in [6, 6.07) is 15.2. The highest BCUT2D eigenvalue weighted by molar-refractivity contribution is 14.0. The van der Waals surface area contributed by atoms with Crippen molar-refractivity contribution in [3.8, 4) is 0 Å². The first-order valence-corrected chi connectivity index (χ1v) is 9.44. The second kappa shape index (κ2) is 9.89. The summed E-state index contributed by atoms with van der Waals surface area (Å²) in [4.78, 5) is 6.65. The normalized spacial score (nSPS) is 11.6. The van der Waals surface area contributed by atoms with Crippen molar-refractivity contribution in [2.75, 3.05) is 14.1 Å². The lowest BCUT2D eigenvalue weighted by Gasteiger charge is -2.18. The van der Waals surface area contributed by atoms with Crippen LogP contribution in [0.2, 0.25) is 0 Å². The summed E-state index contributed by atoms with van der Waals surface area (Å²) in [5.74, 6) is 0.761. The van der Waals surface area contributed by atoms with Crippen molar-refractivity contribution in [2.45, 2.75) is 24.9 Å². The van der Waals surface area contributed by atoms with Crippen LogP contribution in [0.5, 0.6) is 0 Å². The maximum absolute atomic E-state index is 11.5. The molecule has 0 saturated heterocycles. The molecule has 2 aromatic carbocycles. The molecule has 142 valence electrons. The molecule has 0 aromatic heterocycles. The van der Waals surface area contributed by atoms with Gasteiger partial charge in [0, 0.05) is 20.6 Å². The van der Waals surface area contributed by atoms with Gasteiger partial charge in [-0.3, -0.25) is 0 Å². The first-order chi connectivity index (χ1) is 11.8. The van der Waals surface area contributed by atoms with Gasteiger partial charge >= 0.3 is 0 Å². The van der Waals surface area contributed by atoms with Crippen LogP contribution < -0.4 is 10.5 Å². The summed E-state index contributed by atoms with van der Waals surface area (Å²) in [6.45, 7) is 2.86. The minimum absolute atomic E-state index is 0. The fraction of sp³-hybridized carbons (Fsp3) is 0.278. The molecular weight excluding hydrogens is 463 g/mol. The molecule has 0 heterocycles. The molecule has 0 bridgehead atoms. The average Bonchev–Trinajstić information content (AvgIpc) is 2.54. The van der Waals surface area contributed by atoms with Crippen molar-refractivity contribution < 1.29 is 8.42 Å². The van der Waals surface area contributed by atoms with Gasteiger partial charge in [0.2, 0.25) is 10.0 Å². The Balaban J connectivity index is 0.00000338. The van der Waals surface area contributed by atoms with E-state index >= 15 is 0 Å². The Hall–Kier alpha value is -1.65. The predicted octanol–water partition coefficient (Wildman–Crippen LogP) is 2.47. The highest BCUT2D eigenvalue weighted by Gasteiger charge is 2.11. The van der Waals surface area contributed by atoms with E-state index in [4.69, 9.17) is 5.14 Å². The van der Waals surface area contributed by atoms with E-state index in [1.807, 2.05) is 37.2 Å². The quantitative estimate of drug-likeness (QED) is 0.385. The molecule has 0 unspecified atom stereocenters. The predicted molar refractivity (Wildman–Crippen MR) is 116 cm³/mol. The molecule has 8 heteroatoms. The Morgan fingerprint density at radius 3 is 2.31 bits per heavy atom. The first kappa shape index (κ1) is 22.4. The highest BCUT2D eigenvalue weighted by Crippen LogP contribution is 2.16. The molecular formula is C18H25IN4O2S. The van der Waals surface area contributed by atoms with Crippen molar-refractivity contribution in [3.05, 3.63) is 65.2 Å². The zero-order valence-electron chi connectivity index (χ0n) is 15.1. The second-order valence-electron chi connectivity index (χ2n) is 6.02.